The number of esters is 1. The highest BCUT2D eigenvalue weighted by Crippen LogP contribution is 2.65. The zero-order chi connectivity index (χ0) is 26.2. The third-order valence-corrected chi connectivity index (χ3v) is 7.27. The molecule has 0 radical (unpaired) electrons. The summed E-state index contributed by atoms with van der Waals surface area (Å²) >= 11 is 0. The molecule has 2 aliphatic rings. The third kappa shape index (κ3) is 3.17. The van der Waals surface area contributed by atoms with Crippen LogP contribution >= 0.6 is 0 Å². The predicted molar refractivity (Wildman–Crippen MR) is 133 cm³/mol. The number of amides is 1. The molecule has 1 spiro atoms. The number of carbonyl (C=O) groups excluding carboxylic acids is 2. The second-order valence-corrected chi connectivity index (χ2v) is 8.99. The first-order valence-electron chi connectivity index (χ1n) is 11.6. The Bertz CT molecular complexity index is 1560. The first-order valence-corrected chi connectivity index (χ1v) is 11.6. The van der Waals surface area contributed by atoms with E-state index in [0.717, 1.165) is 5.56 Å². The number of nitriles is 3. The average molecular weight is 485 g/mol. The van der Waals surface area contributed by atoms with Crippen LogP contribution in [0, 0.1) is 39.4 Å². The molecule has 5 rings (SSSR count). The Morgan fingerprint density at radius 2 is 1.59 bits per heavy atom. The standard InChI is InChI=1S/C30H20N4O3/c1-37-27(35)23-15-29(18-32,19-33)30(26(23)22-13-11-20(16-31)12-14-22)24-9-5-6-10-25(24)34(28(30)36)17-21-7-3-2-4-8-21/h2-15,26H,17H2,1H3/t26-,30+/m1/s1. The summed E-state index contributed by atoms with van der Waals surface area (Å²) in [6.07, 6.45) is 1.29. The number of carbonyl (C=O) groups is 2. The molecule has 0 unspecified atom stereocenters. The van der Waals surface area contributed by atoms with E-state index in [9.17, 15) is 25.4 Å². The van der Waals surface area contributed by atoms with Crippen LogP contribution in [0.4, 0.5) is 5.69 Å². The summed E-state index contributed by atoms with van der Waals surface area (Å²) in [5.74, 6) is -2.18. The highest BCUT2D eigenvalue weighted by molar-refractivity contribution is 6.13. The molecule has 0 fully saturated rings. The first kappa shape index (κ1) is 23.5. The van der Waals surface area contributed by atoms with Crippen molar-refractivity contribution in [2.75, 3.05) is 12.0 Å². The van der Waals surface area contributed by atoms with E-state index in [1.807, 2.05) is 30.3 Å². The minimum Gasteiger partial charge on any atom is -0.466 e. The maximum atomic E-state index is 14.7. The summed E-state index contributed by atoms with van der Waals surface area (Å²) < 4.78 is 5.06. The lowest BCUT2D eigenvalue weighted by Gasteiger charge is -2.38. The van der Waals surface area contributed by atoms with Crippen molar-refractivity contribution < 1.29 is 14.3 Å². The molecule has 178 valence electrons. The van der Waals surface area contributed by atoms with Gasteiger partial charge in [-0.05, 0) is 41.0 Å². The second kappa shape index (κ2) is 8.79. The lowest BCUT2D eigenvalue weighted by atomic mass is 9.57. The molecule has 1 heterocycles. The van der Waals surface area contributed by atoms with E-state index in [4.69, 9.17) is 4.74 Å². The molecule has 2 atom stereocenters. The van der Waals surface area contributed by atoms with Crippen LogP contribution < -0.4 is 4.90 Å². The van der Waals surface area contributed by atoms with Gasteiger partial charge < -0.3 is 9.64 Å². The number of hydrogen-bond donors (Lipinski definition) is 0. The van der Waals surface area contributed by atoms with E-state index in [1.54, 1.807) is 53.4 Å². The second-order valence-electron chi connectivity index (χ2n) is 8.99. The monoisotopic (exact) mass is 484 g/mol. The van der Waals surface area contributed by atoms with E-state index in [1.165, 1.54) is 13.2 Å². The smallest absolute Gasteiger partial charge is 0.334 e. The highest BCUT2D eigenvalue weighted by atomic mass is 16.5. The first-order chi connectivity index (χ1) is 18.0. The van der Waals surface area contributed by atoms with Crippen LogP contribution in [0.3, 0.4) is 0 Å². The van der Waals surface area contributed by atoms with Crippen molar-refractivity contribution in [1.82, 2.24) is 0 Å². The summed E-state index contributed by atoms with van der Waals surface area (Å²) in [6.45, 7) is 0.221. The number of methoxy groups -OCH3 is 1. The number of fused-ring (bicyclic) bond motifs is 2. The zero-order valence-corrected chi connectivity index (χ0v) is 19.9. The van der Waals surface area contributed by atoms with Crippen LogP contribution in [0.1, 0.15) is 28.2 Å². The van der Waals surface area contributed by atoms with Gasteiger partial charge >= 0.3 is 5.97 Å². The van der Waals surface area contributed by atoms with E-state index < -0.39 is 28.6 Å². The number of ether oxygens (including phenoxy) is 1. The molecule has 3 aromatic rings. The van der Waals surface area contributed by atoms with Crippen molar-refractivity contribution in [3.05, 3.63) is 113 Å². The lowest BCUT2D eigenvalue weighted by molar-refractivity contribution is -0.136. The van der Waals surface area contributed by atoms with Gasteiger partial charge in [-0.25, -0.2) is 4.79 Å². The van der Waals surface area contributed by atoms with E-state index in [-0.39, 0.29) is 12.1 Å². The van der Waals surface area contributed by atoms with Crippen LogP contribution in [0.25, 0.3) is 0 Å². The molecule has 0 aromatic heterocycles. The van der Waals surface area contributed by atoms with Crippen LogP contribution in [-0.2, 0) is 26.3 Å². The van der Waals surface area contributed by atoms with Crippen molar-refractivity contribution >= 4 is 17.6 Å². The Morgan fingerprint density at radius 1 is 0.946 bits per heavy atom. The molecule has 0 saturated carbocycles. The van der Waals surface area contributed by atoms with Crippen LogP contribution in [0.5, 0.6) is 0 Å². The molecule has 0 bridgehead atoms. The number of anilines is 1. The Kier molecular flexibility index (Phi) is 5.59. The van der Waals surface area contributed by atoms with Gasteiger partial charge in [0.1, 0.15) is 5.41 Å². The molecule has 0 N–H and O–H groups in total. The molecular formula is C30H20N4O3. The van der Waals surface area contributed by atoms with Crippen molar-refractivity contribution in [2.24, 2.45) is 5.41 Å². The topological polar surface area (TPSA) is 118 Å². The fourth-order valence-electron chi connectivity index (χ4n) is 5.69. The highest BCUT2D eigenvalue weighted by Gasteiger charge is 2.72. The van der Waals surface area contributed by atoms with Gasteiger partial charge in [0.15, 0.2) is 5.41 Å². The predicted octanol–water partition coefficient (Wildman–Crippen LogP) is 4.27. The minimum atomic E-state index is -1.99. The third-order valence-electron chi connectivity index (χ3n) is 7.27. The van der Waals surface area contributed by atoms with Gasteiger partial charge in [0, 0.05) is 17.2 Å². The van der Waals surface area contributed by atoms with E-state index in [0.29, 0.717) is 22.4 Å². The number of para-hydroxylation sites is 1. The summed E-state index contributed by atoms with van der Waals surface area (Å²) in [4.78, 5) is 29.3. The summed E-state index contributed by atoms with van der Waals surface area (Å²) in [5, 5.41) is 30.3. The molecule has 37 heavy (non-hydrogen) atoms. The molecule has 3 aromatic carbocycles. The molecule has 1 aliphatic carbocycles. The molecule has 0 saturated heterocycles. The number of hydrogen-bond acceptors (Lipinski definition) is 6. The van der Waals surface area contributed by atoms with Crippen molar-refractivity contribution in [2.45, 2.75) is 17.9 Å². The van der Waals surface area contributed by atoms with Crippen molar-refractivity contribution in [3.63, 3.8) is 0 Å². The fourth-order valence-corrected chi connectivity index (χ4v) is 5.69. The maximum absolute atomic E-state index is 14.7. The van der Waals surface area contributed by atoms with Crippen LogP contribution in [0.2, 0.25) is 0 Å². The maximum Gasteiger partial charge on any atom is 0.334 e. The molecule has 1 amide bonds. The number of allylic oxidation sites excluding steroid dienone is 1. The Balaban J connectivity index is 1.82. The normalized spacial score (nSPS) is 20.9. The minimum absolute atomic E-state index is 0.0556. The number of benzene rings is 3. The van der Waals surface area contributed by atoms with Gasteiger partial charge in [0.25, 0.3) is 0 Å². The Labute approximate surface area is 214 Å². The van der Waals surface area contributed by atoms with Gasteiger partial charge in [-0.1, -0.05) is 60.7 Å². The van der Waals surface area contributed by atoms with Gasteiger partial charge in [0.05, 0.1) is 37.4 Å². The Morgan fingerprint density at radius 3 is 2.22 bits per heavy atom. The zero-order valence-electron chi connectivity index (χ0n) is 19.9. The number of rotatable bonds is 4. The van der Waals surface area contributed by atoms with E-state index >= 15 is 0 Å². The van der Waals surface area contributed by atoms with Gasteiger partial charge in [0.2, 0.25) is 5.91 Å². The molecule has 7 heteroatoms. The lowest BCUT2D eigenvalue weighted by Crippen LogP contribution is -2.52. The number of nitrogens with zero attached hydrogens (tertiary/aromatic N) is 4. The van der Waals surface area contributed by atoms with Crippen molar-refractivity contribution in [3.8, 4) is 18.2 Å². The summed E-state index contributed by atoms with van der Waals surface area (Å²) in [5.41, 5.74) is -0.833. The van der Waals surface area contributed by atoms with Gasteiger partial charge in [-0.3, -0.25) is 4.79 Å². The molecular weight excluding hydrogens is 464 g/mol. The SMILES string of the molecule is COC(=O)C1=CC(C#N)(C#N)[C@]2(C(=O)N(Cc3ccccc3)c3ccccc32)[C@@H]1c1ccc(C#N)cc1. The average Bonchev–Trinajstić information content (AvgIpc) is 3.40. The van der Waals surface area contributed by atoms with Gasteiger partial charge in [-0.15, -0.1) is 0 Å². The van der Waals surface area contributed by atoms with Crippen LogP contribution in [0.15, 0.2) is 90.5 Å². The Hall–Kier alpha value is -5.19. The van der Waals surface area contributed by atoms with Gasteiger partial charge in [-0.2, -0.15) is 15.8 Å². The molecule has 7 nitrogen and oxygen atoms in total. The molecule has 1 aliphatic heterocycles. The summed E-state index contributed by atoms with van der Waals surface area (Å²) in [6, 6.07) is 29.3. The van der Waals surface area contributed by atoms with E-state index in [2.05, 4.69) is 18.2 Å². The quantitative estimate of drug-likeness (QED) is 0.510. The fraction of sp³-hybridized carbons (Fsp3) is 0.167. The van der Waals surface area contributed by atoms with Crippen LogP contribution in [-0.4, -0.2) is 19.0 Å². The largest absolute Gasteiger partial charge is 0.466 e. The van der Waals surface area contributed by atoms with Crippen molar-refractivity contribution in [1.29, 1.82) is 15.8 Å². The summed E-state index contributed by atoms with van der Waals surface area (Å²) in [7, 11) is 1.22.